The molecule has 3 aromatic rings. The van der Waals surface area contributed by atoms with Crippen LogP contribution < -0.4 is 5.32 Å². The number of hydrogen-bond acceptors (Lipinski definition) is 3. The Morgan fingerprint density at radius 2 is 1.46 bits per heavy atom. The lowest BCUT2D eigenvalue weighted by Gasteiger charge is -2.07. The van der Waals surface area contributed by atoms with Gasteiger partial charge in [0.1, 0.15) is 6.61 Å². The maximum absolute atomic E-state index is 12.1. The molecule has 0 bridgehead atoms. The van der Waals surface area contributed by atoms with Crippen molar-refractivity contribution in [3.05, 3.63) is 100 Å². The molecule has 0 spiro atoms. The van der Waals surface area contributed by atoms with E-state index in [1.807, 2.05) is 30.3 Å². The Morgan fingerprint density at radius 3 is 2.12 bits per heavy atom. The molecule has 0 radical (unpaired) electrons. The number of carbonyl (C=O) groups is 2. The first-order valence-corrected chi connectivity index (χ1v) is 8.79. The minimum atomic E-state index is -0.408. The van der Waals surface area contributed by atoms with Gasteiger partial charge in [0.05, 0.1) is 5.56 Å². The predicted octanol–water partition coefficient (Wildman–Crippen LogP) is 5.06. The van der Waals surface area contributed by atoms with Gasteiger partial charge in [0.15, 0.2) is 0 Å². The van der Waals surface area contributed by atoms with E-state index in [1.165, 1.54) is 0 Å². The van der Waals surface area contributed by atoms with Crippen LogP contribution >= 0.6 is 15.9 Å². The maximum Gasteiger partial charge on any atom is 0.338 e. The van der Waals surface area contributed by atoms with E-state index >= 15 is 0 Å². The first kappa shape index (κ1) is 17.9. The fourth-order valence-electron chi connectivity index (χ4n) is 2.30. The lowest BCUT2D eigenvalue weighted by molar-refractivity contribution is 0.0472. The summed E-state index contributed by atoms with van der Waals surface area (Å²) in [6.07, 6.45) is 0. The van der Waals surface area contributed by atoms with Gasteiger partial charge < -0.3 is 10.1 Å². The zero-order valence-electron chi connectivity index (χ0n) is 13.8. The van der Waals surface area contributed by atoms with E-state index in [0.717, 1.165) is 10.0 Å². The van der Waals surface area contributed by atoms with Crippen LogP contribution in [0, 0.1) is 0 Å². The third-order valence-electron chi connectivity index (χ3n) is 3.70. The van der Waals surface area contributed by atoms with Gasteiger partial charge in [0, 0.05) is 15.7 Å². The normalized spacial score (nSPS) is 10.2. The van der Waals surface area contributed by atoms with E-state index in [2.05, 4.69) is 21.2 Å². The first-order valence-electron chi connectivity index (χ1n) is 8.00. The number of halogens is 1. The second-order valence-corrected chi connectivity index (χ2v) is 6.52. The highest BCUT2D eigenvalue weighted by atomic mass is 79.9. The molecule has 26 heavy (non-hydrogen) atoms. The van der Waals surface area contributed by atoms with Gasteiger partial charge in [-0.25, -0.2) is 4.79 Å². The van der Waals surface area contributed by atoms with Gasteiger partial charge in [-0.1, -0.05) is 46.3 Å². The summed E-state index contributed by atoms with van der Waals surface area (Å²) in [5.41, 5.74) is 2.53. The summed E-state index contributed by atoms with van der Waals surface area (Å²) in [5, 5.41) is 2.79. The van der Waals surface area contributed by atoms with E-state index in [-0.39, 0.29) is 12.5 Å². The van der Waals surface area contributed by atoms with E-state index in [0.29, 0.717) is 16.8 Å². The fourth-order valence-corrected chi connectivity index (χ4v) is 2.56. The number of carbonyl (C=O) groups excluding carboxylic acids is 2. The van der Waals surface area contributed by atoms with Crippen molar-refractivity contribution in [3.8, 4) is 0 Å². The molecule has 3 rings (SSSR count). The molecule has 1 N–H and O–H groups in total. The minimum absolute atomic E-state index is 0.198. The highest BCUT2D eigenvalue weighted by Gasteiger charge is 2.09. The molecule has 0 unspecified atom stereocenters. The van der Waals surface area contributed by atoms with Crippen LogP contribution in [-0.4, -0.2) is 11.9 Å². The van der Waals surface area contributed by atoms with E-state index in [4.69, 9.17) is 4.74 Å². The van der Waals surface area contributed by atoms with Crippen molar-refractivity contribution in [1.29, 1.82) is 0 Å². The van der Waals surface area contributed by atoms with Crippen molar-refractivity contribution in [2.75, 3.05) is 5.32 Å². The van der Waals surface area contributed by atoms with Crippen molar-refractivity contribution in [1.82, 2.24) is 0 Å². The van der Waals surface area contributed by atoms with Crippen LogP contribution in [0.4, 0.5) is 5.69 Å². The Morgan fingerprint density at radius 1 is 0.808 bits per heavy atom. The summed E-state index contributed by atoms with van der Waals surface area (Å²) in [7, 11) is 0. The number of hydrogen-bond donors (Lipinski definition) is 1. The maximum atomic E-state index is 12.1. The average molecular weight is 410 g/mol. The summed E-state index contributed by atoms with van der Waals surface area (Å²) in [6, 6.07) is 23.1. The van der Waals surface area contributed by atoms with Crippen molar-refractivity contribution < 1.29 is 14.3 Å². The van der Waals surface area contributed by atoms with E-state index in [1.54, 1.807) is 48.5 Å². The highest BCUT2D eigenvalue weighted by Crippen LogP contribution is 2.14. The van der Waals surface area contributed by atoms with Gasteiger partial charge >= 0.3 is 5.97 Å². The number of esters is 1. The number of anilines is 1. The van der Waals surface area contributed by atoms with Gasteiger partial charge in [-0.15, -0.1) is 0 Å². The second kappa shape index (κ2) is 8.45. The molecule has 3 aromatic carbocycles. The molecule has 130 valence electrons. The van der Waals surface area contributed by atoms with Crippen LogP contribution in [0.2, 0.25) is 0 Å². The summed E-state index contributed by atoms with van der Waals surface area (Å²) in [4.78, 5) is 24.2. The largest absolute Gasteiger partial charge is 0.457 e. The molecular formula is C21H16BrNO3. The van der Waals surface area contributed by atoms with E-state index < -0.39 is 5.97 Å². The predicted molar refractivity (Wildman–Crippen MR) is 104 cm³/mol. The number of ether oxygens (including phenoxy) is 1. The Balaban J connectivity index is 1.57. The molecule has 0 atom stereocenters. The molecule has 0 heterocycles. The zero-order valence-corrected chi connectivity index (χ0v) is 15.4. The number of rotatable bonds is 5. The van der Waals surface area contributed by atoms with Gasteiger partial charge in [-0.3, -0.25) is 4.79 Å². The highest BCUT2D eigenvalue weighted by molar-refractivity contribution is 9.10. The zero-order chi connectivity index (χ0) is 18.4. The molecule has 1 amide bonds. The Labute approximate surface area is 159 Å². The van der Waals surface area contributed by atoms with Gasteiger partial charge in [-0.2, -0.15) is 0 Å². The third-order valence-corrected chi connectivity index (χ3v) is 4.23. The summed E-state index contributed by atoms with van der Waals surface area (Å²) < 4.78 is 6.28. The molecule has 0 aliphatic rings. The second-order valence-electron chi connectivity index (χ2n) is 5.60. The number of benzene rings is 3. The van der Waals surface area contributed by atoms with Crippen LogP contribution in [0.5, 0.6) is 0 Å². The molecule has 0 saturated carbocycles. The van der Waals surface area contributed by atoms with Gasteiger partial charge in [-0.05, 0) is 54.1 Å². The third kappa shape index (κ3) is 4.80. The quantitative estimate of drug-likeness (QED) is 0.599. The smallest absolute Gasteiger partial charge is 0.338 e. The minimum Gasteiger partial charge on any atom is -0.457 e. The topological polar surface area (TPSA) is 55.4 Å². The molecule has 0 aliphatic heterocycles. The molecular weight excluding hydrogens is 394 g/mol. The molecule has 0 fully saturated rings. The van der Waals surface area contributed by atoms with Crippen molar-refractivity contribution in [3.63, 3.8) is 0 Å². The van der Waals surface area contributed by atoms with Crippen LogP contribution in [-0.2, 0) is 11.3 Å². The van der Waals surface area contributed by atoms with Crippen LogP contribution in [0.15, 0.2) is 83.3 Å². The molecule has 0 aromatic heterocycles. The van der Waals surface area contributed by atoms with Crippen molar-refractivity contribution >= 4 is 33.5 Å². The summed E-state index contributed by atoms with van der Waals surface area (Å²) >= 11 is 3.36. The molecule has 5 heteroatoms. The van der Waals surface area contributed by atoms with Gasteiger partial charge in [0.2, 0.25) is 0 Å². The Bertz CT molecular complexity index is 891. The lowest BCUT2D eigenvalue weighted by atomic mass is 10.2. The van der Waals surface area contributed by atoms with E-state index in [9.17, 15) is 9.59 Å². The lowest BCUT2D eigenvalue weighted by Crippen LogP contribution is -2.12. The Kier molecular flexibility index (Phi) is 5.81. The van der Waals surface area contributed by atoms with Crippen LogP contribution in [0.3, 0.4) is 0 Å². The summed E-state index contributed by atoms with van der Waals surface area (Å²) in [6.45, 7) is 0.207. The fraction of sp³-hybridized carbons (Fsp3) is 0.0476. The molecule has 4 nitrogen and oxygen atoms in total. The van der Waals surface area contributed by atoms with Crippen molar-refractivity contribution in [2.24, 2.45) is 0 Å². The Hall–Kier alpha value is -2.92. The van der Waals surface area contributed by atoms with Crippen LogP contribution in [0.25, 0.3) is 0 Å². The average Bonchev–Trinajstić information content (AvgIpc) is 2.68. The van der Waals surface area contributed by atoms with Gasteiger partial charge in [0.25, 0.3) is 5.91 Å². The molecule has 0 saturated heterocycles. The molecule has 0 aliphatic carbocycles. The van der Waals surface area contributed by atoms with Crippen molar-refractivity contribution in [2.45, 2.75) is 6.61 Å². The monoisotopic (exact) mass is 409 g/mol. The first-order chi connectivity index (χ1) is 12.6. The SMILES string of the molecule is O=C(Nc1ccc(C(=O)OCc2ccc(Br)cc2)cc1)c1ccccc1. The number of nitrogens with one attached hydrogen (secondary N) is 1. The standard InChI is InChI=1S/C21H16BrNO3/c22-18-10-6-15(7-11-18)14-26-21(25)17-8-12-19(13-9-17)23-20(24)16-4-2-1-3-5-16/h1-13H,14H2,(H,23,24). The number of amides is 1. The summed E-state index contributed by atoms with van der Waals surface area (Å²) in [5.74, 6) is -0.606. The van der Waals surface area contributed by atoms with Crippen LogP contribution in [0.1, 0.15) is 26.3 Å².